The first kappa shape index (κ1) is 15.2. The van der Waals surface area contributed by atoms with Crippen molar-refractivity contribution in [2.45, 2.75) is 0 Å². The highest BCUT2D eigenvalue weighted by Crippen LogP contribution is 2.07. The summed E-state index contributed by atoms with van der Waals surface area (Å²) in [5, 5.41) is 10.8. The summed E-state index contributed by atoms with van der Waals surface area (Å²) >= 11 is 0. The van der Waals surface area contributed by atoms with E-state index in [1.54, 1.807) is 24.3 Å². The van der Waals surface area contributed by atoms with Crippen LogP contribution in [0.15, 0.2) is 48.9 Å². The lowest BCUT2D eigenvalue weighted by Crippen LogP contribution is -2.41. The third-order valence-corrected chi connectivity index (χ3v) is 3.02. The van der Waals surface area contributed by atoms with Crippen LogP contribution in [0.25, 0.3) is 5.69 Å². The summed E-state index contributed by atoms with van der Waals surface area (Å²) in [5.41, 5.74) is 5.46. The number of nitrogens with zero attached hydrogens (tertiary/aromatic N) is 5. The molecule has 0 aliphatic carbocycles. The number of benzene rings is 1. The van der Waals surface area contributed by atoms with Crippen molar-refractivity contribution in [2.75, 3.05) is 0 Å². The van der Waals surface area contributed by atoms with E-state index in [1.165, 1.54) is 17.1 Å². The molecule has 2 amide bonds. The molecule has 0 spiro atoms. The molecule has 0 aliphatic rings. The minimum Gasteiger partial charge on any atom is -0.267 e. The van der Waals surface area contributed by atoms with Crippen LogP contribution in [0.4, 0.5) is 4.39 Å². The van der Waals surface area contributed by atoms with Crippen LogP contribution in [0.5, 0.6) is 0 Å². The number of carbonyl (C=O) groups excluding carboxylic acids is 2. The molecule has 3 aromatic rings. The van der Waals surface area contributed by atoms with Crippen LogP contribution in [-0.4, -0.2) is 37.0 Å². The fourth-order valence-electron chi connectivity index (χ4n) is 1.85. The van der Waals surface area contributed by atoms with E-state index in [4.69, 9.17) is 0 Å². The Kier molecular flexibility index (Phi) is 4.19. The summed E-state index contributed by atoms with van der Waals surface area (Å²) < 4.78 is 14.4. The summed E-state index contributed by atoms with van der Waals surface area (Å²) in [7, 11) is 0. The highest BCUT2D eigenvalue weighted by atomic mass is 19.1. The Bertz CT molecular complexity index is 865. The minimum absolute atomic E-state index is 0.0387. The Morgan fingerprint density at radius 1 is 1.00 bits per heavy atom. The first-order chi connectivity index (χ1) is 11.6. The zero-order valence-corrected chi connectivity index (χ0v) is 12.0. The molecule has 0 radical (unpaired) electrons. The molecule has 0 saturated heterocycles. The summed E-state index contributed by atoms with van der Waals surface area (Å²) in [6.07, 6.45) is 2.58. The summed E-state index contributed by atoms with van der Waals surface area (Å²) in [4.78, 5) is 27.1. The van der Waals surface area contributed by atoms with E-state index in [2.05, 4.69) is 31.4 Å². The van der Waals surface area contributed by atoms with Crippen LogP contribution in [0.1, 0.15) is 20.7 Å². The van der Waals surface area contributed by atoms with Crippen LogP contribution in [0, 0.1) is 5.95 Å². The third kappa shape index (κ3) is 3.38. The number of amides is 2. The van der Waals surface area contributed by atoms with E-state index in [9.17, 15) is 14.0 Å². The number of aromatic nitrogens is 5. The summed E-state index contributed by atoms with van der Waals surface area (Å²) in [6, 6.07) is 8.67. The Morgan fingerprint density at radius 2 is 1.71 bits per heavy atom. The Labute approximate surface area is 134 Å². The monoisotopic (exact) mass is 327 g/mol. The van der Waals surface area contributed by atoms with Gasteiger partial charge in [0.15, 0.2) is 0 Å². The molecule has 120 valence electrons. The van der Waals surface area contributed by atoms with Gasteiger partial charge in [0.2, 0.25) is 5.95 Å². The standard InChI is InChI=1S/C14H10FN7O2/c15-12-7-10(5-6-16-12)14(24)19-18-13(23)9-1-3-11(4-2-9)22-8-17-20-21-22/h1-8H,(H,18,23)(H,19,24). The van der Waals surface area contributed by atoms with Gasteiger partial charge in [-0.25, -0.2) is 9.67 Å². The maximum Gasteiger partial charge on any atom is 0.269 e. The molecule has 0 saturated carbocycles. The van der Waals surface area contributed by atoms with E-state index in [-0.39, 0.29) is 5.56 Å². The first-order valence-corrected chi connectivity index (χ1v) is 6.69. The van der Waals surface area contributed by atoms with Crippen molar-refractivity contribution in [2.24, 2.45) is 0 Å². The number of rotatable bonds is 3. The predicted molar refractivity (Wildman–Crippen MR) is 78.3 cm³/mol. The van der Waals surface area contributed by atoms with Crippen LogP contribution in [0.2, 0.25) is 0 Å². The van der Waals surface area contributed by atoms with Crippen molar-refractivity contribution in [3.8, 4) is 5.69 Å². The van der Waals surface area contributed by atoms with Crippen LogP contribution in [0.3, 0.4) is 0 Å². The SMILES string of the molecule is O=C(NNC(=O)c1ccnc(F)c1)c1ccc(-n2cnnn2)cc1. The van der Waals surface area contributed by atoms with Gasteiger partial charge in [0.25, 0.3) is 11.8 Å². The molecule has 2 heterocycles. The van der Waals surface area contributed by atoms with Gasteiger partial charge in [-0.05, 0) is 40.8 Å². The van der Waals surface area contributed by atoms with Gasteiger partial charge in [0.05, 0.1) is 5.69 Å². The van der Waals surface area contributed by atoms with E-state index in [0.29, 0.717) is 11.3 Å². The average molecular weight is 327 g/mol. The van der Waals surface area contributed by atoms with Crippen molar-refractivity contribution in [1.29, 1.82) is 0 Å². The highest BCUT2D eigenvalue weighted by molar-refractivity contribution is 5.99. The van der Waals surface area contributed by atoms with Crippen LogP contribution in [-0.2, 0) is 0 Å². The number of halogens is 1. The van der Waals surface area contributed by atoms with Gasteiger partial charge < -0.3 is 0 Å². The van der Waals surface area contributed by atoms with Gasteiger partial charge in [0.1, 0.15) is 6.33 Å². The maximum atomic E-state index is 13.0. The van der Waals surface area contributed by atoms with Crippen molar-refractivity contribution >= 4 is 11.8 Å². The van der Waals surface area contributed by atoms with E-state index < -0.39 is 17.8 Å². The van der Waals surface area contributed by atoms with Crippen molar-refractivity contribution in [3.05, 3.63) is 66.0 Å². The largest absolute Gasteiger partial charge is 0.269 e. The maximum absolute atomic E-state index is 13.0. The van der Waals surface area contributed by atoms with Gasteiger partial charge >= 0.3 is 0 Å². The Morgan fingerprint density at radius 3 is 2.33 bits per heavy atom. The van der Waals surface area contributed by atoms with E-state index >= 15 is 0 Å². The molecule has 0 atom stereocenters. The zero-order valence-electron chi connectivity index (χ0n) is 12.0. The number of nitrogens with one attached hydrogen (secondary N) is 2. The van der Waals surface area contributed by atoms with Crippen molar-refractivity contribution in [3.63, 3.8) is 0 Å². The molecule has 9 nitrogen and oxygen atoms in total. The second kappa shape index (κ2) is 6.60. The van der Waals surface area contributed by atoms with Crippen LogP contribution >= 0.6 is 0 Å². The quantitative estimate of drug-likeness (QED) is 0.527. The fraction of sp³-hybridized carbons (Fsp3) is 0. The van der Waals surface area contributed by atoms with Gasteiger partial charge in [-0.3, -0.25) is 20.4 Å². The van der Waals surface area contributed by atoms with Gasteiger partial charge in [-0.15, -0.1) is 5.10 Å². The van der Waals surface area contributed by atoms with Crippen molar-refractivity contribution < 1.29 is 14.0 Å². The lowest BCUT2D eigenvalue weighted by atomic mass is 10.2. The third-order valence-electron chi connectivity index (χ3n) is 3.02. The number of tetrazole rings is 1. The Balaban J connectivity index is 1.62. The molecule has 24 heavy (non-hydrogen) atoms. The fourth-order valence-corrected chi connectivity index (χ4v) is 1.85. The number of pyridine rings is 1. The number of hydrogen-bond acceptors (Lipinski definition) is 6. The molecular formula is C14H10FN7O2. The second-order valence-electron chi connectivity index (χ2n) is 4.58. The molecule has 2 aromatic heterocycles. The first-order valence-electron chi connectivity index (χ1n) is 6.69. The Hall–Kier alpha value is -3.69. The zero-order chi connectivity index (χ0) is 16.9. The van der Waals surface area contributed by atoms with Gasteiger partial charge in [0, 0.05) is 23.4 Å². The smallest absolute Gasteiger partial charge is 0.267 e. The molecule has 0 fully saturated rings. The molecule has 0 unspecified atom stereocenters. The lowest BCUT2D eigenvalue weighted by Gasteiger charge is -2.08. The molecule has 2 N–H and O–H groups in total. The average Bonchev–Trinajstić information content (AvgIpc) is 3.14. The summed E-state index contributed by atoms with van der Waals surface area (Å²) in [5.74, 6) is -1.97. The highest BCUT2D eigenvalue weighted by Gasteiger charge is 2.10. The predicted octanol–water partition coefficient (Wildman–Crippen LogP) is 0.271. The molecule has 1 aromatic carbocycles. The molecule has 3 rings (SSSR count). The van der Waals surface area contributed by atoms with Gasteiger partial charge in [-0.2, -0.15) is 4.39 Å². The van der Waals surface area contributed by atoms with E-state index in [1.807, 2.05) is 0 Å². The molecular weight excluding hydrogens is 317 g/mol. The summed E-state index contributed by atoms with van der Waals surface area (Å²) in [6.45, 7) is 0. The molecule has 10 heteroatoms. The second-order valence-corrected chi connectivity index (χ2v) is 4.58. The normalized spacial score (nSPS) is 10.2. The van der Waals surface area contributed by atoms with Gasteiger partial charge in [-0.1, -0.05) is 0 Å². The van der Waals surface area contributed by atoms with Crippen LogP contribution < -0.4 is 10.9 Å². The van der Waals surface area contributed by atoms with Crippen molar-refractivity contribution in [1.82, 2.24) is 36.0 Å². The minimum atomic E-state index is -0.785. The lowest BCUT2D eigenvalue weighted by molar-refractivity contribution is 0.0846. The number of hydrazine groups is 1. The molecule has 0 aliphatic heterocycles. The number of hydrogen-bond donors (Lipinski definition) is 2. The topological polar surface area (TPSA) is 115 Å². The van der Waals surface area contributed by atoms with E-state index in [0.717, 1.165) is 12.3 Å². The molecule has 0 bridgehead atoms. The number of carbonyl (C=O) groups is 2.